The monoisotopic (exact) mass is 330 g/mol. The first-order chi connectivity index (χ1) is 11.2. The summed E-state index contributed by atoms with van der Waals surface area (Å²) < 4.78 is 6.57. The van der Waals surface area contributed by atoms with E-state index < -0.39 is 5.54 Å². The fourth-order valence-corrected chi connectivity index (χ4v) is 2.63. The maximum atomic E-state index is 12.6. The minimum Gasteiger partial charge on any atom is -0.334 e. The molecule has 116 valence electrons. The van der Waals surface area contributed by atoms with Crippen molar-refractivity contribution in [2.24, 2.45) is 0 Å². The van der Waals surface area contributed by atoms with E-state index in [1.807, 2.05) is 0 Å². The van der Waals surface area contributed by atoms with E-state index in [1.54, 1.807) is 35.3 Å². The molecule has 0 bridgehead atoms. The van der Waals surface area contributed by atoms with Crippen LogP contribution in [0.25, 0.3) is 11.5 Å². The van der Waals surface area contributed by atoms with Gasteiger partial charge < -0.3 is 9.84 Å². The SMILES string of the molecule is O=C(Nc1ccc(-c2ncno2)cc1Cl)C1(n2ccnn2)CC1. The molecule has 0 spiro atoms. The summed E-state index contributed by atoms with van der Waals surface area (Å²) in [7, 11) is 0. The normalized spacial score (nSPS) is 15.3. The number of halogens is 1. The van der Waals surface area contributed by atoms with Crippen LogP contribution >= 0.6 is 11.6 Å². The van der Waals surface area contributed by atoms with Crippen molar-refractivity contribution < 1.29 is 9.32 Å². The Labute approximate surface area is 135 Å². The number of carbonyl (C=O) groups excluding carboxylic acids is 1. The van der Waals surface area contributed by atoms with Crippen LogP contribution in [-0.4, -0.2) is 31.0 Å². The summed E-state index contributed by atoms with van der Waals surface area (Å²) in [5.41, 5.74) is 0.541. The van der Waals surface area contributed by atoms with Crippen LogP contribution in [0.5, 0.6) is 0 Å². The van der Waals surface area contributed by atoms with E-state index in [0.29, 0.717) is 22.2 Å². The van der Waals surface area contributed by atoms with E-state index >= 15 is 0 Å². The summed E-state index contributed by atoms with van der Waals surface area (Å²) in [6, 6.07) is 5.13. The van der Waals surface area contributed by atoms with Gasteiger partial charge in [-0.05, 0) is 31.0 Å². The van der Waals surface area contributed by atoms with E-state index in [0.717, 1.165) is 12.8 Å². The Morgan fingerprint density at radius 3 is 2.87 bits per heavy atom. The zero-order valence-electron chi connectivity index (χ0n) is 11.8. The van der Waals surface area contributed by atoms with Gasteiger partial charge in [0, 0.05) is 11.8 Å². The molecule has 0 unspecified atom stereocenters. The topological polar surface area (TPSA) is 98.7 Å². The molecule has 0 atom stereocenters. The standard InChI is InChI=1S/C14H11ClN6O2/c15-10-7-9(12-16-8-18-23-12)1-2-11(10)19-13(22)14(3-4-14)21-6-5-17-20-21/h1-2,5-8H,3-4H2,(H,19,22). The Morgan fingerprint density at radius 2 is 2.26 bits per heavy atom. The maximum absolute atomic E-state index is 12.6. The van der Waals surface area contributed by atoms with E-state index in [4.69, 9.17) is 16.1 Å². The van der Waals surface area contributed by atoms with Crippen LogP contribution in [0.15, 0.2) is 41.4 Å². The minimum atomic E-state index is -0.662. The summed E-state index contributed by atoms with van der Waals surface area (Å²) >= 11 is 6.25. The molecule has 0 saturated heterocycles. The first kappa shape index (κ1) is 13.9. The van der Waals surface area contributed by atoms with Gasteiger partial charge in [0.15, 0.2) is 6.33 Å². The third-order valence-electron chi connectivity index (χ3n) is 3.83. The molecule has 3 aromatic rings. The molecular weight excluding hydrogens is 320 g/mol. The second-order valence-corrected chi connectivity index (χ2v) is 5.68. The van der Waals surface area contributed by atoms with Gasteiger partial charge in [-0.25, -0.2) is 4.68 Å². The van der Waals surface area contributed by atoms with E-state index in [9.17, 15) is 4.79 Å². The summed E-state index contributed by atoms with van der Waals surface area (Å²) in [5, 5.41) is 14.5. The van der Waals surface area contributed by atoms with Crippen LogP contribution in [-0.2, 0) is 10.3 Å². The molecular formula is C14H11ClN6O2. The smallest absolute Gasteiger partial charge is 0.257 e. The van der Waals surface area contributed by atoms with Crippen LogP contribution in [0.2, 0.25) is 5.02 Å². The quantitative estimate of drug-likeness (QED) is 0.786. The molecule has 1 saturated carbocycles. The number of anilines is 1. The first-order valence-electron chi connectivity index (χ1n) is 6.94. The van der Waals surface area contributed by atoms with E-state index in [-0.39, 0.29) is 5.91 Å². The van der Waals surface area contributed by atoms with Crippen LogP contribution in [0.4, 0.5) is 5.69 Å². The molecule has 9 heteroatoms. The minimum absolute atomic E-state index is 0.157. The van der Waals surface area contributed by atoms with Crippen molar-refractivity contribution >= 4 is 23.2 Å². The van der Waals surface area contributed by atoms with Crippen molar-refractivity contribution in [1.29, 1.82) is 0 Å². The molecule has 1 aliphatic rings. The fourth-order valence-electron chi connectivity index (χ4n) is 2.40. The second-order valence-electron chi connectivity index (χ2n) is 5.27. The number of amides is 1. The van der Waals surface area contributed by atoms with Crippen molar-refractivity contribution in [2.45, 2.75) is 18.4 Å². The molecule has 8 nitrogen and oxygen atoms in total. The molecule has 1 aliphatic carbocycles. The Hall–Kier alpha value is -2.74. The number of nitrogens with one attached hydrogen (secondary N) is 1. The Morgan fingerprint density at radius 1 is 1.39 bits per heavy atom. The number of rotatable bonds is 4. The highest BCUT2D eigenvalue weighted by Gasteiger charge is 2.53. The number of carbonyl (C=O) groups is 1. The van der Waals surface area contributed by atoms with Gasteiger partial charge in [0.1, 0.15) is 5.54 Å². The molecule has 0 radical (unpaired) electrons. The van der Waals surface area contributed by atoms with Gasteiger partial charge in [0.2, 0.25) is 0 Å². The second kappa shape index (κ2) is 5.17. The Kier molecular flexibility index (Phi) is 3.12. The molecule has 1 N–H and O–H groups in total. The number of nitrogens with zero attached hydrogens (tertiary/aromatic N) is 5. The fraction of sp³-hybridized carbons (Fsp3) is 0.214. The molecule has 23 heavy (non-hydrogen) atoms. The van der Waals surface area contributed by atoms with E-state index in [1.165, 1.54) is 6.33 Å². The van der Waals surface area contributed by atoms with Gasteiger partial charge in [-0.2, -0.15) is 4.98 Å². The summed E-state index contributed by atoms with van der Waals surface area (Å²) in [5.74, 6) is 0.210. The van der Waals surface area contributed by atoms with Gasteiger partial charge in [-0.1, -0.05) is 22.0 Å². The summed E-state index contributed by atoms with van der Waals surface area (Å²) in [4.78, 5) is 16.5. The van der Waals surface area contributed by atoms with E-state index in [2.05, 4.69) is 25.8 Å². The molecule has 1 aromatic carbocycles. The lowest BCUT2D eigenvalue weighted by Crippen LogP contribution is -2.33. The molecule has 0 aliphatic heterocycles. The van der Waals surface area contributed by atoms with Gasteiger partial charge in [0.25, 0.3) is 11.8 Å². The average molecular weight is 331 g/mol. The number of hydrogen-bond donors (Lipinski definition) is 1. The molecule has 1 fully saturated rings. The van der Waals surface area contributed by atoms with Crippen molar-refractivity contribution in [1.82, 2.24) is 25.1 Å². The zero-order chi connectivity index (χ0) is 15.9. The highest BCUT2D eigenvalue weighted by Crippen LogP contribution is 2.44. The summed E-state index contributed by atoms with van der Waals surface area (Å²) in [6.07, 6.45) is 6.00. The predicted molar refractivity (Wildman–Crippen MR) is 80.6 cm³/mol. The Balaban J connectivity index is 1.57. The van der Waals surface area contributed by atoms with Crippen molar-refractivity contribution in [2.75, 3.05) is 5.32 Å². The van der Waals surface area contributed by atoms with Gasteiger partial charge in [-0.3, -0.25) is 4.79 Å². The van der Waals surface area contributed by atoms with Gasteiger partial charge >= 0.3 is 0 Å². The average Bonchev–Trinajstić information content (AvgIpc) is 2.98. The molecule has 1 amide bonds. The van der Waals surface area contributed by atoms with Crippen LogP contribution < -0.4 is 5.32 Å². The lowest BCUT2D eigenvalue weighted by molar-refractivity contribution is -0.120. The number of hydrogen-bond acceptors (Lipinski definition) is 6. The predicted octanol–water partition coefficient (Wildman–Crippen LogP) is 2.11. The zero-order valence-corrected chi connectivity index (χ0v) is 12.6. The summed E-state index contributed by atoms with van der Waals surface area (Å²) in [6.45, 7) is 0. The lowest BCUT2D eigenvalue weighted by Gasteiger charge is -2.16. The van der Waals surface area contributed by atoms with Gasteiger partial charge in [-0.15, -0.1) is 5.10 Å². The molecule has 4 rings (SSSR count). The van der Waals surface area contributed by atoms with Crippen LogP contribution in [0.3, 0.4) is 0 Å². The number of benzene rings is 1. The van der Waals surface area contributed by atoms with Crippen molar-refractivity contribution in [3.63, 3.8) is 0 Å². The lowest BCUT2D eigenvalue weighted by atomic mass is 10.2. The largest absolute Gasteiger partial charge is 0.334 e. The highest BCUT2D eigenvalue weighted by molar-refractivity contribution is 6.34. The first-order valence-corrected chi connectivity index (χ1v) is 7.32. The van der Waals surface area contributed by atoms with Crippen LogP contribution in [0.1, 0.15) is 12.8 Å². The third-order valence-corrected chi connectivity index (χ3v) is 4.15. The van der Waals surface area contributed by atoms with Gasteiger partial charge in [0.05, 0.1) is 16.9 Å². The molecule has 2 heterocycles. The molecule has 2 aromatic heterocycles. The van der Waals surface area contributed by atoms with Crippen LogP contribution in [0, 0.1) is 0 Å². The Bertz CT molecular complexity index is 842. The highest BCUT2D eigenvalue weighted by atomic mass is 35.5. The van der Waals surface area contributed by atoms with Crippen molar-refractivity contribution in [3.8, 4) is 11.5 Å². The van der Waals surface area contributed by atoms with Crippen molar-refractivity contribution in [3.05, 3.63) is 41.9 Å². The maximum Gasteiger partial charge on any atom is 0.257 e. The third kappa shape index (κ3) is 2.36. The number of aromatic nitrogens is 5.